The number of ether oxygens (including phenoxy) is 1. The van der Waals surface area contributed by atoms with Crippen molar-refractivity contribution in [3.05, 3.63) is 47.5 Å². The number of likely N-dealkylation sites (tertiary alicyclic amines) is 1. The van der Waals surface area contributed by atoms with Gasteiger partial charge in [-0.2, -0.15) is 5.10 Å². The Hall–Kier alpha value is -2.45. The maximum Gasteiger partial charge on any atom is 0.257 e. The molecule has 0 aromatic carbocycles. The molecule has 31 heavy (non-hydrogen) atoms. The van der Waals surface area contributed by atoms with Gasteiger partial charge in [0.05, 0.1) is 11.3 Å². The number of nitrogens with one attached hydrogen (secondary N) is 1. The van der Waals surface area contributed by atoms with Crippen molar-refractivity contribution in [2.24, 2.45) is 0 Å². The zero-order chi connectivity index (χ0) is 22.0. The lowest BCUT2D eigenvalue weighted by Gasteiger charge is -2.26. The molecular formula is C23H33N5O2Si. The third-order valence-electron chi connectivity index (χ3n) is 5.92. The van der Waals surface area contributed by atoms with Gasteiger partial charge in [0, 0.05) is 57.3 Å². The van der Waals surface area contributed by atoms with Crippen LogP contribution in [-0.4, -0.2) is 58.3 Å². The maximum absolute atomic E-state index is 13.1. The molecule has 166 valence electrons. The van der Waals surface area contributed by atoms with E-state index < -0.39 is 14.3 Å². The Kier molecular flexibility index (Phi) is 6.29. The van der Waals surface area contributed by atoms with Gasteiger partial charge >= 0.3 is 0 Å². The Morgan fingerprint density at radius 1 is 1.23 bits per heavy atom. The van der Waals surface area contributed by atoms with Crippen LogP contribution in [0.5, 0.6) is 0 Å². The Balaban J connectivity index is 1.67. The summed E-state index contributed by atoms with van der Waals surface area (Å²) in [6, 6.07) is 5.06. The van der Waals surface area contributed by atoms with Crippen LogP contribution >= 0.6 is 0 Å². The van der Waals surface area contributed by atoms with Crippen LogP contribution in [0.15, 0.2) is 30.7 Å². The average Bonchev–Trinajstić information content (AvgIpc) is 3.37. The van der Waals surface area contributed by atoms with Gasteiger partial charge in [-0.05, 0) is 44.4 Å². The van der Waals surface area contributed by atoms with E-state index in [0.29, 0.717) is 12.2 Å². The van der Waals surface area contributed by atoms with Gasteiger partial charge in [-0.1, -0.05) is 19.6 Å². The molecule has 7 nitrogen and oxygen atoms in total. The number of pyridine rings is 1. The number of piperidine rings is 1. The quantitative estimate of drug-likeness (QED) is 0.546. The number of hydrogen-bond donors (Lipinski definition) is 1. The third kappa shape index (κ3) is 4.90. The lowest BCUT2D eigenvalue weighted by molar-refractivity contribution is 0.0325. The number of fused-ring (bicyclic) bond motifs is 1. The average molecular weight is 440 g/mol. The molecule has 4 rings (SSSR count). The summed E-state index contributed by atoms with van der Waals surface area (Å²) in [5.41, 5.74) is 3.24. The number of hydrogen-bond acceptors (Lipinski definition) is 4. The largest absolute Gasteiger partial charge is 0.352 e. The fourth-order valence-corrected chi connectivity index (χ4v) is 4.79. The van der Waals surface area contributed by atoms with Crippen molar-refractivity contribution in [2.45, 2.75) is 58.1 Å². The lowest BCUT2D eigenvalue weighted by atomic mass is 10.1. The van der Waals surface area contributed by atoms with Crippen LogP contribution in [-0.2, 0) is 4.74 Å². The van der Waals surface area contributed by atoms with Gasteiger partial charge in [0.25, 0.3) is 5.91 Å². The SMILES string of the molecule is Cc1nn(C(OCC[Si](C)(C)C)c2ccnc3[nH]ccc23)cc1C(=O)N1CCCCC1. The molecule has 1 aliphatic heterocycles. The van der Waals surface area contributed by atoms with Crippen LogP contribution in [0, 0.1) is 6.92 Å². The molecule has 1 unspecified atom stereocenters. The summed E-state index contributed by atoms with van der Waals surface area (Å²) in [5, 5.41) is 5.75. The first-order valence-corrected chi connectivity index (χ1v) is 14.9. The van der Waals surface area contributed by atoms with Crippen molar-refractivity contribution >= 4 is 25.0 Å². The zero-order valence-corrected chi connectivity index (χ0v) is 20.0. The monoisotopic (exact) mass is 439 g/mol. The molecule has 0 radical (unpaired) electrons. The predicted molar refractivity (Wildman–Crippen MR) is 125 cm³/mol. The summed E-state index contributed by atoms with van der Waals surface area (Å²) in [6.07, 6.45) is 8.49. The number of aromatic amines is 1. The van der Waals surface area contributed by atoms with Gasteiger partial charge in [0.1, 0.15) is 5.65 Å². The molecule has 0 saturated carbocycles. The molecule has 3 aromatic rings. The number of rotatable bonds is 7. The van der Waals surface area contributed by atoms with Crippen molar-refractivity contribution < 1.29 is 9.53 Å². The molecule has 3 aromatic heterocycles. The van der Waals surface area contributed by atoms with E-state index in [0.717, 1.165) is 54.3 Å². The lowest BCUT2D eigenvalue weighted by Crippen LogP contribution is -2.35. The van der Waals surface area contributed by atoms with E-state index in [1.54, 1.807) is 6.20 Å². The molecule has 1 N–H and O–H groups in total. The molecule has 8 heteroatoms. The van der Waals surface area contributed by atoms with Crippen LogP contribution in [0.4, 0.5) is 0 Å². The van der Waals surface area contributed by atoms with Crippen LogP contribution in [0.2, 0.25) is 25.7 Å². The van der Waals surface area contributed by atoms with Crippen molar-refractivity contribution in [2.75, 3.05) is 19.7 Å². The minimum atomic E-state index is -1.25. The normalized spacial score (nSPS) is 16.1. The molecule has 0 bridgehead atoms. The number of nitrogens with zero attached hydrogens (tertiary/aromatic N) is 4. The number of amides is 1. The van der Waals surface area contributed by atoms with Gasteiger partial charge in [0.15, 0.2) is 6.23 Å². The van der Waals surface area contributed by atoms with E-state index in [9.17, 15) is 4.79 Å². The van der Waals surface area contributed by atoms with Crippen LogP contribution in [0.25, 0.3) is 11.0 Å². The van der Waals surface area contributed by atoms with Gasteiger partial charge in [-0.15, -0.1) is 0 Å². The van der Waals surface area contributed by atoms with Crippen LogP contribution in [0.1, 0.15) is 47.1 Å². The van der Waals surface area contributed by atoms with Crippen molar-refractivity contribution in [1.82, 2.24) is 24.6 Å². The number of aryl methyl sites for hydroxylation is 1. The van der Waals surface area contributed by atoms with Crippen molar-refractivity contribution in [3.63, 3.8) is 0 Å². The Bertz CT molecular complexity index is 1050. The molecule has 1 saturated heterocycles. The highest BCUT2D eigenvalue weighted by Gasteiger charge is 2.26. The number of H-pyrrole nitrogens is 1. The highest BCUT2D eigenvalue weighted by Crippen LogP contribution is 2.28. The number of carbonyl (C=O) groups excluding carboxylic acids is 1. The van der Waals surface area contributed by atoms with E-state index in [2.05, 4.69) is 29.6 Å². The summed E-state index contributed by atoms with van der Waals surface area (Å²) in [6.45, 7) is 11.2. The van der Waals surface area contributed by atoms with Crippen molar-refractivity contribution in [3.8, 4) is 0 Å². The summed E-state index contributed by atoms with van der Waals surface area (Å²) >= 11 is 0. The first-order chi connectivity index (χ1) is 14.8. The highest BCUT2D eigenvalue weighted by molar-refractivity contribution is 6.76. The molecule has 1 aliphatic rings. The summed E-state index contributed by atoms with van der Waals surface area (Å²) in [7, 11) is -1.25. The van der Waals surface area contributed by atoms with Gasteiger partial charge in [-0.25, -0.2) is 9.67 Å². The van der Waals surface area contributed by atoms with E-state index in [4.69, 9.17) is 9.84 Å². The Labute approximate surface area is 184 Å². The smallest absolute Gasteiger partial charge is 0.257 e. The number of aromatic nitrogens is 4. The number of carbonyl (C=O) groups is 1. The minimum Gasteiger partial charge on any atom is -0.352 e. The fourth-order valence-electron chi connectivity index (χ4n) is 4.06. The molecule has 4 heterocycles. The topological polar surface area (TPSA) is 76.0 Å². The summed E-state index contributed by atoms with van der Waals surface area (Å²) in [4.78, 5) is 22.7. The summed E-state index contributed by atoms with van der Waals surface area (Å²) in [5.74, 6) is 0.0748. The fraction of sp³-hybridized carbons (Fsp3) is 0.522. The van der Waals surface area contributed by atoms with Crippen molar-refractivity contribution in [1.29, 1.82) is 0 Å². The highest BCUT2D eigenvalue weighted by atomic mass is 28.3. The Morgan fingerprint density at radius 3 is 2.74 bits per heavy atom. The minimum absolute atomic E-state index is 0.0748. The molecule has 0 spiro atoms. The Morgan fingerprint density at radius 2 is 2.00 bits per heavy atom. The predicted octanol–water partition coefficient (Wildman–Crippen LogP) is 4.60. The zero-order valence-electron chi connectivity index (χ0n) is 19.0. The second-order valence-electron chi connectivity index (χ2n) is 9.63. The third-order valence-corrected chi connectivity index (χ3v) is 7.62. The standard InChI is InChI=1S/C23H33N5O2Si/c1-17-20(22(29)27-12-6-5-7-13-27)16-28(26-17)23(30-14-15-31(2,3)4)19-9-11-25-21-18(19)8-10-24-21/h8-11,16,23H,5-7,12-15H2,1-4H3,(H,24,25). The van der Waals surface area contributed by atoms with Gasteiger partial charge < -0.3 is 14.6 Å². The maximum atomic E-state index is 13.1. The van der Waals surface area contributed by atoms with Crippen LogP contribution < -0.4 is 0 Å². The molecule has 0 aliphatic carbocycles. The van der Waals surface area contributed by atoms with E-state index in [-0.39, 0.29) is 5.91 Å². The summed E-state index contributed by atoms with van der Waals surface area (Å²) < 4.78 is 8.25. The van der Waals surface area contributed by atoms with Gasteiger partial charge in [0.2, 0.25) is 0 Å². The van der Waals surface area contributed by atoms with E-state index >= 15 is 0 Å². The van der Waals surface area contributed by atoms with E-state index in [1.807, 2.05) is 41.0 Å². The second-order valence-corrected chi connectivity index (χ2v) is 15.3. The van der Waals surface area contributed by atoms with Gasteiger partial charge in [-0.3, -0.25) is 4.79 Å². The first kappa shape index (κ1) is 21.8. The molecule has 1 fully saturated rings. The van der Waals surface area contributed by atoms with E-state index in [1.165, 1.54) is 6.42 Å². The second kappa shape index (κ2) is 8.96. The first-order valence-electron chi connectivity index (χ1n) is 11.2. The van der Waals surface area contributed by atoms with Crippen LogP contribution in [0.3, 0.4) is 0 Å². The molecule has 1 amide bonds. The molecular weight excluding hydrogens is 406 g/mol. The molecule has 1 atom stereocenters.